The maximum Gasteiger partial charge on any atom is 0.321 e. The number of anilines is 1. The highest BCUT2D eigenvalue weighted by molar-refractivity contribution is 7.92. The van der Waals surface area contributed by atoms with Crippen molar-refractivity contribution in [1.29, 1.82) is 0 Å². The standard InChI is InChI=1S/C18H19F3N4O2S/c1-18(21,28(27)16-9-13(19)8-14(20)10-16)12-3-6-25(7-4-12)17(26)24-15-2-5-22-23-11-15/h2,5,8-12H,3-4,6-7H2,1H3,(H,22,24,26). The lowest BCUT2D eigenvalue weighted by molar-refractivity contribution is 0.117. The number of aromatic nitrogens is 2. The van der Waals surface area contributed by atoms with Crippen molar-refractivity contribution in [2.45, 2.75) is 29.7 Å². The predicted octanol–water partition coefficient (Wildman–Crippen LogP) is 3.49. The second-order valence-corrected chi connectivity index (χ2v) is 8.49. The van der Waals surface area contributed by atoms with Gasteiger partial charge in [-0.2, -0.15) is 14.6 Å². The summed E-state index contributed by atoms with van der Waals surface area (Å²) < 4.78 is 54.7. The SMILES string of the molecule is CC(F)(C1CCN(C(=O)Nc2ccnnc2)CC1)[S+]([O-])c1cc(F)cc(F)c1. The molecule has 1 aliphatic heterocycles. The zero-order valence-electron chi connectivity index (χ0n) is 15.1. The number of hydrogen-bond acceptors (Lipinski definition) is 4. The molecule has 2 unspecified atom stereocenters. The van der Waals surface area contributed by atoms with Crippen LogP contribution >= 0.6 is 0 Å². The van der Waals surface area contributed by atoms with Gasteiger partial charge in [-0.3, -0.25) is 0 Å². The van der Waals surface area contributed by atoms with Gasteiger partial charge in [-0.05, 0) is 18.9 Å². The quantitative estimate of drug-likeness (QED) is 0.780. The Balaban J connectivity index is 1.62. The van der Waals surface area contributed by atoms with Gasteiger partial charge in [-0.1, -0.05) is 0 Å². The molecule has 0 spiro atoms. The highest BCUT2D eigenvalue weighted by atomic mass is 32.2. The zero-order valence-corrected chi connectivity index (χ0v) is 15.9. The van der Waals surface area contributed by atoms with E-state index in [-0.39, 0.29) is 36.9 Å². The number of carbonyl (C=O) groups excluding carboxylic acids is 1. The third kappa shape index (κ3) is 4.56. The zero-order chi connectivity index (χ0) is 20.3. The van der Waals surface area contributed by atoms with Crippen LogP contribution in [0.1, 0.15) is 19.8 Å². The maximum absolute atomic E-state index is 15.3. The molecule has 1 aliphatic rings. The fourth-order valence-corrected chi connectivity index (χ4v) is 4.62. The number of likely N-dealkylation sites (tertiary alicyclic amines) is 1. The molecule has 28 heavy (non-hydrogen) atoms. The van der Waals surface area contributed by atoms with Gasteiger partial charge in [-0.15, -0.1) is 0 Å². The monoisotopic (exact) mass is 412 g/mol. The van der Waals surface area contributed by atoms with Crippen LogP contribution in [0.3, 0.4) is 0 Å². The van der Waals surface area contributed by atoms with Gasteiger partial charge in [0.1, 0.15) is 11.6 Å². The summed E-state index contributed by atoms with van der Waals surface area (Å²) in [7, 11) is 0. The number of carbonyl (C=O) groups is 1. The number of nitrogens with zero attached hydrogens (tertiary/aromatic N) is 3. The second kappa shape index (κ2) is 8.36. The Hall–Kier alpha value is -2.33. The van der Waals surface area contributed by atoms with Gasteiger partial charge in [0.15, 0.2) is 4.90 Å². The molecule has 1 N–H and O–H groups in total. The summed E-state index contributed by atoms with van der Waals surface area (Å²) in [4.78, 5) is 13.6. The predicted molar refractivity (Wildman–Crippen MR) is 97.6 cm³/mol. The van der Waals surface area contributed by atoms with E-state index in [0.29, 0.717) is 11.8 Å². The number of benzene rings is 1. The molecule has 1 aromatic carbocycles. The molecular formula is C18H19F3N4O2S. The minimum atomic E-state index is -2.25. The Morgan fingerprint density at radius 3 is 2.46 bits per heavy atom. The van der Waals surface area contributed by atoms with Gasteiger partial charge in [-0.25, -0.2) is 13.6 Å². The Bertz CT molecular complexity index is 813. The second-order valence-electron chi connectivity index (χ2n) is 6.68. The number of piperidine rings is 1. The molecule has 2 heterocycles. The summed E-state index contributed by atoms with van der Waals surface area (Å²) in [6.07, 6.45) is 3.41. The molecular weight excluding hydrogens is 393 g/mol. The number of halogens is 3. The van der Waals surface area contributed by atoms with Crippen molar-refractivity contribution in [2.75, 3.05) is 18.4 Å². The van der Waals surface area contributed by atoms with Crippen molar-refractivity contribution in [1.82, 2.24) is 15.1 Å². The summed E-state index contributed by atoms with van der Waals surface area (Å²) in [6.45, 7) is 1.71. The lowest BCUT2D eigenvalue weighted by Gasteiger charge is -2.37. The summed E-state index contributed by atoms with van der Waals surface area (Å²) in [6, 6.07) is 3.65. The van der Waals surface area contributed by atoms with Crippen molar-refractivity contribution in [3.8, 4) is 0 Å². The van der Waals surface area contributed by atoms with Gasteiger partial charge >= 0.3 is 6.03 Å². The van der Waals surface area contributed by atoms with Gasteiger partial charge in [0.05, 0.1) is 18.1 Å². The molecule has 1 saturated heterocycles. The van der Waals surface area contributed by atoms with Crippen molar-refractivity contribution < 1.29 is 22.5 Å². The van der Waals surface area contributed by atoms with Gasteiger partial charge in [0, 0.05) is 55.3 Å². The molecule has 2 aromatic rings. The van der Waals surface area contributed by atoms with Crippen molar-refractivity contribution in [2.24, 2.45) is 5.92 Å². The summed E-state index contributed by atoms with van der Waals surface area (Å²) in [5.74, 6) is -2.43. The van der Waals surface area contributed by atoms with Crippen molar-refractivity contribution >= 4 is 22.9 Å². The van der Waals surface area contributed by atoms with E-state index in [1.807, 2.05) is 0 Å². The van der Waals surface area contributed by atoms with E-state index in [0.717, 1.165) is 12.1 Å². The summed E-state index contributed by atoms with van der Waals surface area (Å²) in [5, 5.41) is 7.78. The van der Waals surface area contributed by atoms with Gasteiger partial charge in [0.25, 0.3) is 5.00 Å². The number of nitrogens with one attached hydrogen (secondary N) is 1. The lowest BCUT2D eigenvalue weighted by atomic mass is 9.92. The number of alkyl halides is 1. The normalized spacial score (nSPS) is 18.4. The molecule has 1 aromatic heterocycles. The third-order valence-corrected chi connectivity index (χ3v) is 6.48. The molecule has 2 atom stereocenters. The van der Waals surface area contributed by atoms with Crippen LogP contribution in [0.25, 0.3) is 0 Å². The number of hydrogen-bond donors (Lipinski definition) is 1. The van der Waals surface area contributed by atoms with E-state index in [9.17, 15) is 18.1 Å². The molecule has 150 valence electrons. The van der Waals surface area contributed by atoms with Gasteiger partial charge < -0.3 is 14.8 Å². The molecule has 0 saturated carbocycles. The molecule has 6 nitrogen and oxygen atoms in total. The third-order valence-electron chi connectivity index (χ3n) is 4.76. The number of amides is 2. The fourth-order valence-electron chi connectivity index (χ4n) is 3.18. The van der Waals surface area contributed by atoms with E-state index >= 15 is 4.39 Å². The van der Waals surface area contributed by atoms with Crippen LogP contribution in [0.5, 0.6) is 0 Å². The molecule has 10 heteroatoms. The first-order valence-electron chi connectivity index (χ1n) is 8.67. The van der Waals surface area contributed by atoms with Crippen molar-refractivity contribution in [3.05, 3.63) is 48.3 Å². The Labute approximate surface area is 163 Å². The Morgan fingerprint density at radius 2 is 1.89 bits per heavy atom. The first-order chi connectivity index (χ1) is 13.3. The van der Waals surface area contributed by atoms with E-state index in [2.05, 4.69) is 15.5 Å². The average molecular weight is 412 g/mol. The highest BCUT2D eigenvalue weighted by Gasteiger charge is 2.48. The van der Waals surface area contributed by atoms with Crippen molar-refractivity contribution in [3.63, 3.8) is 0 Å². The van der Waals surface area contributed by atoms with Crippen LogP contribution in [-0.4, -0.2) is 43.8 Å². The molecule has 2 amide bonds. The fraction of sp³-hybridized carbons (Fsp3) is 0.389. The summed E-state index contributed by atoms with van der Waals surface area (Å²) >= 11 is -2.25. The van der Waals surface area contributed by atoms with Gasteiger partial charge in [0.2, 0.25) is 0 Å². The minimum absolute atomic E-state index is 0.229. The molecule has 0 aliphatic carbocycles. The number of rotatable bonds is 4. The average Bonchev–Trinajstić information content (AvgIpc) is 2.67. The minimum Gasteiger partial charge on any atom is -0.609 e. The van der Waals surface area contributed by atoms with Crippen LogP contribution in [0.2, 0.25) is 0 Å². The molecule has 0 radical (unpaired) electrons. The maximum atomic E-state index is 15.3. The largest absolute Gasteiger partial charge is 0.609 e. The van der Waals surface area contributed by atoms with Crippen LogP contribution in [0.4, 0.5) is 23.7 Å². The molecule has 1 fully saturated rings. The topological polar surface area (TPSA) is 81.2 Å². The number of urea groups is 1. The lowest BCUT2D eigenvalue weighted by Crippen LogP contribution is -2.48. The Morgan fingerprint density at radius 1 is 1.25 bits per heavy atom. The molecule has 3 rings (SSSR count). The smallest absolute Gasteiger partial charge is 0.321 e. The Kier molecular flexibility index (Phi) is 6.09. The first kappa shape index (κ1) is 20.4. The molecule has 0 bridgehead atoms. The van der Waals surface area contributed by atoms with E-state index in [4.69, 9.17) is 0 Å². The van der Waals surface area contributed by atoms with Crippen LogP contribution in [-0.2, 0) is 11.2 Å². The summed E-state index contributed by atoms with van der Waals surface area (Å²) in [5.41, 5.74) is 0.492. The first-order valence-corrected chi connectivity index (χ1v) is 9.82. The van der Waals surface area contributed by atoms with E-state index in [1.165, 1.54) is 24.2 Å². The highest BCUT2D eigenvalue weighted by Crippen LogP contribution is 2.39. The van der Waals surface area contributed by atoms with Crippen LogP contribution < -0.4 is 5.32 Å². The van der Waals surface area contributed by atoms with E-state index < -0.39 is 33.7 Å². The van der Waals surface area contributed by atoms with Crippen LogP contribution in [0, 0.1) is 17.6 Å². The van der Waals surface area contributed by atoms with E-state index in [1.54, 1.807) is 6.07 Å². The van der Waals surface area contributed by atoms with Crippen LogP contribution in [0.15, 0.2) is 41.6 Å².